The van der Waals surface area contributed by atoms with Gasteiger partial charge >= 0.3 is 0 Å². The minimum Gasteiger partial charge on any atom is -0.382 e. The molecule has 0 aromatic heterocycles. The summed E-state index contributed by atoms with van der Waals surface area (Å²) in [5.41, 5.74) is 1.23. The maximum atomic E-state index is 5.84. The first-order chi connectivity index (χ1) is 6.85. The van der Waals surface area contributed by atoms with E-state index in [1.165, 1.54) is 5.57 Å². The molecule has 3 unspecified atom stereocenters. The van der Waals surface area contributed by atoms with E-state index in [2.05, 4.69) is 12.2 Å². The average molecular weight is 196 g/mol. The van der Waals surface area contributed by atoms with Crippen LogP contribution in [0.5, 0.6) is 0 Å². The highest BCUT2D eigenvalue weighted by Gasteiger charge is 2.37. The van der Waals surface area contributed by atoms with Crippen molar-refractivity contribution in [2.45, 2.75) is 24.7 Å². The predicted octanol–water partition coefficient (Wildman–Crippen LogP) is 1.30. The Morgan fingerprint density at radius 2 is 2.29 bits per heavy atom. The normalized spacial score (nSPS) is 35.6. The van der Waals surface area contributed by atoms with Gasteiger partial charge in [0.15, 0.2) is 0 Å². The Kier molecular flexibility index (Phi) is 3.01. The molecule has 2 aliphatic rings. The zero-order valence-corrected chi connectivity index (χ0v) is 8.60. The molecule has 0 N–H and O–H groups in total. The van der Waals surface area contributed by atoms with E-state index in [1.54, 1.807) is 14.2 Å². The molecular weight excluding hydrogens is 180 g/mol. The lowest BCUT2D eigenvalue weighted by Crippen LogP contribution is -2.25. The summed E-state index contributed by atoms with van der Waals surface area (Å²) in [5.74, 6) is 0. The smallest absolute Gasteiger partial charge is 0.109 e. The van der Waals surface area contributed by atoms with E-state index in [0.717, 1.165) is 6.42 Å². The molecule has 1 aliphatic heterocycles. The second-order valence-electron chi connectivity index (χ2n) is 3.67. The lowest BCUT2D eigenvalue weighted by atomic mass is 9.98. The average Bonchev–Trinajstić information content (AvgIpc) is 2.46. The Morgan fingerprint density at radius 3 is 2.79 bits per heavy atom. The zero-order chi connectivity index (χ0) is 9.97. The van der Waals surface area contributed by atoms with Gasteiger partial charge in [-0.3, -0.25) is 0 Å². The summed E-state index contributed by atoms with van der Waals surface area (Å²) < 4.78 is 16.3. The predicted molar refractivity (Wildman–Crippen MR) is 53.2 cm³/mol. The highest BCUT2D eigenvalue weighted by molar-refractivity contribution is 5.39. The minimum absolute atomic E-state index is 0.102. The third kappa shape index (κ3) is 1.75. The van der Waals surface area contributed by atoms with Gasteiger partial charge in [0.05, 0.1) is 18.8 Å². The molecule has 1 aliphatic carbocycles. The summed E-state index contributed by atoms with van der Waals surface area (Å²) in [6.45, 7) is 0.646. The Bertz CT molecular complexity index is 257. The van der Waals surface area contributed by atoms with E-state index in [9.17, 15) is 0 Å². The zero-order valence-electron chi connectivity index (χ0n) is 8.60. The van der Waals surface area contributed by atoms with E-state index < -0.39 is 0 Å². The van der Waals surface area contributed by atoms with E-state index in [1.807, 2.05) is 6.08 Å². The van der Waals surface area contributed by atoms with Gasteiger partial charge in [0.2, 0.25) is 0 Å². The first-order valence-corrected chi connectivity index (χ1v) is 4.90. The molecule has 0 aromatic rings. The van der Waals surface area contributed by atoms with Crippen LogP contribution in [0.1, 0.15) is 6.42 Å². The maximum Gasteiger partial charge on any atom is 0.109 e. The van der Waals surface area contributed by atoms with Crippen LogP contribution in [0.25, 0.3) is 0 Å². The first-order valence-electron chi connectivity index (χ1n) is 4.90. The molecule has 0 aromatic carbocycles. The Labute approximate surface area is 84.3 Å². The van der Waals surface area contributed by atoms with Gasteiger partial charge in [0.25, 0.3) is 0 Å². The Balaban J connectivity index is 1.95. The maximum absolute atomic E-state index is 5.84. The van der Waals surface area contributed by atoms with Crippen LogP contribution in [-0.2, 0) is 14.2 Å². The highest BCUT2D eigenvalue weighted by atomic mass is 16.6. The van der Waals surface area contributed by atoms with Crippen LogP contribution in [0.4, 0.5) is 0 Å². The number of methoxy groups -OCH3 is 2. The first kappa shape index (κ1) is 9.90. The van der Waals surface area contributed by atoms with Crippen molar-refractivity contribution in [3.63, 3.8) is 0 Å². The monoisotopic (exact) mass is 196 g/mol. The van der Waals surface area contributed by atoms with Crippen LogP contribution >= 0.6 is 0 Å². The number of rotatable bonds is 4. The van der Waals surface area contributed by atoms with Gasteiger partial charge in [-0.2, -0.15) is 0 Å². The topological polar surface area (TPSA) is 27.7 Å². The van der Waals surface area contributed by atoms with Gasteiger partial charge in [-0.05, 0) is 5.57 Å². The van der Waals surface area contributed by atoms with Crippen LogP contribution in [0.3, 0.4) is 0 Å². The lowest BCUT2D eigenvalue weighted by Gasteiger charge is -2.21. The minimum atomic E-state index is 0.102. The fourth-order valence-corrected chi connectivity index (χ4v) is 1.94. The van der Waals surface area contributed by atoms with Crippen molar-refractivity contribution in [1.29, 1.82) is 0 Å². The van der Waals surface area contributed by atoms with Crippen LogP contribution in [-0.4, -0.2) is 39.1 Å². The molecule has 1 heterocycles. The van der Waals surface area contributed by atoms with E-state index in [0.29, 0.717) is 6.61 Å². The Hall–Kier alpha value is -0.640. The summed E-state index contributed by atoms with van der Waals surface area (Å²) in [5, 5.41) is 0. The summed E-state index contributed by atoms with van der Waals surface area (Å²) in [6, 6.07) is 0. The highest BCUT2D eigenvalue weighted by Crippen LogP contribution is 2.30. The van der Waals surface area contributed by atoms with Gasteiger partial charge in [0, 0.05) is 20.6 Å². The van der Waals surface area contributed by atoms with Crippen LogP contribution in [0.15, 0.2) is 23.8 Å². The fraction of sp³-hybridized carbons (Fsp3) is 0.636. The van der Waals surface area contributed by atoms with Crippen molar-refractivity contribution in [1.82, 2.24) is 0 Å². The second kappa shape index (κ2) is 4.26. The largest absolute Gasteiger partial charge is 0.382 e. The molecule has 0 radical (unpaired) electrons. The van der Waals surface area contributed by atoms with Gasteiger partial charge in [-0.15, -0.1) is 0 Å². The molecule has 0 bridgehead atoms. The van der Waals surface area contributed by atoms with Crippen molar-refractivity contribution in [2.75, 3.05) is 20.8 Å². The van der Waals surface area contributed by atoms with Crippen LogP contribution < -0.4 is 0 Å². The second-order valence-corrected chi connectivity index (χ2v) is 3.67. The van der Waals surface area contributed by atoms with Crippen molar-refractivity contribution in [3.05, 3.63) is 23.8 Å². The third-order valence-corrected chi connectivity index (χ3v) is 2.73. The number of allylic oxidation sites excluding steroid dienone is 2. The summed E-state index contributed by atoms with van der Waals surface area (Å²) in [4.78, 5) is 0. The molecule has 0 spiro atoms. The molecule has 1 fully saturated rings. The van der Waals surface area contributed by atoms with Crippen molar-refractivity contribution in [2.24, 2.45) is 0 Å². The molecule has 3 nitrogen and oxygen atoms in total. The van der Waals surface area contributed by atoms with Gasteiger partial charge in [-0.1, -0.05) is 18.2 Å². The van der Waals surface area contributed by atoms with E-state index >= 15 is 0 Å². The third-order valence-electron chi connectivity index (χ3n) is 2.73. The lowest BCUT2D eigenvalue weighted by molar-refractivity contribution is -0.00746. The molecular formula is C11H16O3. The molecule has 0 saturated carbocycles. The number of ether oxygens (including phenoxy) is 3. The molecule has 14 heavy (non-hydrogen) atoms. The SMILES string of the molecule is COCC1CC(OC)C(C2=CC=C2)O1. The van der Waals surface area contributed by atoms with Crippen molar-refractivity contribution >= 4 is 0 Å². The summed E-state index contributed by atoms with van der Waals surface area (Å²) >= 11 is 0. The number of hydrogen-bond donors (Lipinski definition) is 0. The molecule has 78 valence electrons. The van der Waals surface area contributed by atoms with E-state index in [-0.39, 0.29) is 18.3 Å². The van der Waals surface area contributed by atoms with Crippen molar-refractivity contribution in [3.8, 4) is 0 Å². The van der Waals surface area contributed by atoms with Crippen molar-refractivity contribution < 1.29 is 14.2 Å². The summed E-state index contributed by atoms with van der Waals surface area (Å²) in [7, 11) is 3.43. The molecule has 3 atom stereocenters. The number of hydrogen-bond acceptors (Lipinski definition) is 3. The van der Waals surface area contributed by atoms with Crippen LogP contribution in [0.2, 0.25) is 0 Å². The summed E-state index contributed by atoms with van der Waals surface area (Å²) in [6.07, 6.45) is 7.54. The van der Waals surface area contributed by atoms with Gasteiger partial charge in [0.1, 0.15) is 6.10 Å². The molecule has 2 rings (SSSR count). The molecule has 1 saturated heterocycles. The van der Waals surface area contributed by atoms with Gasteiger partial charge in [-0.25, -0.2) is 0 Å². The van der Waals surface area contributed by atoms with Gasteiger partial charge < -0.3 is 14.2 Å². The van der Waals surface area contributed by atoms with E-state index in [4.69, 9.17) is 14.2 Å². The standard InChI is InChI=1S/C11H16O3/c1-12-7-9-6-10(13-2)11(14-9)8-4-3-5-8/h3-5,9-11H,6-7H2,1-2H3. The quantitative estimate of drug-likeness (QED) is 0.678. The molecule has 0 amide bonds. The fourth-order valence-electron chi connectivity index (χ4n) is 1.94. The van der Waals surface area contributed by atoms with Crippen LogP contribution in [0, 0.1) is 0 Å². The Morgan fingerprint density at radius 1 is 1.50 bits per heavy atom. The molecule has 3 heteroatoms.